The van der Waals surface area contributed by atoms with E-state index >= 15 is 0 Å². The minimum Gasteiger partial charge on any atom is -0.508 e. The number of phenols is 2. The van der Waals surface area contributed by atoms with Crippen molar-refractivity contribution in [2.45, 2.75) is 96.7 Å². The Morgan fingerprint density at radius 1 is 0.970 bits per heavy atom. The summed E-state index contributed by atoms with van der Waals surface area (Å²) in [6, 6.07) is 12.3. The highest BCUT2D eigenvalue weighted by molar-refractivity contribution is 5.85. The molecule has 2 N–H and O–H groups in total. The zero-order valence-corrected chi connectivity index (χ0v) is 21.5. The lowest BCUT2D eigenvalue weighted by Crippen LogP contribution is -2.42. The maximum atomic E-state index is 11.1. The Hall–Kier alpha value is -2.33. The first-order valence-electron chi connectivity index (χ1n) is 12.3. The topological polar surface area (TPSA) is 56.1 Å². The quantitative estimate of drug-likeness (QED) is 0.508. The van der Waals surface area contributed by atoms with E-state index in [2.05, 4.69) is 65.6 Å². The van der Waals surface area contributed by atoms with Crippen LogP contribution in [0, 0.1) is 0 Å². The Bertz CT molecular complexity index is 982. The molecule has 180 valence electrons. The summed E-state index contributed by atoms with van der Waals surface area (Å²) in [5, 5.41) is 21.3. The van der Waals surface area contributed by atoms with Crippen molar-refractivity contribution in [3.05, 3.63) is 58.7 Å². The van der Waals surface area contributed by atoms with Crippen LogP contribution in [0.2, 0.25) is 0 Å². The second-order valence-electron chi connectivity index (χ2n) is 11.7. The standard InChI is InChI=1S/C29H42N2O2/c1-28(2,3)22-16-21(27(33)23(17-22)29(4,5)6)18-30-24-13-9-10-14-25(24)31(7)19-20-12-8-11-15-26(20)32/h8,11-12,15-18,24-25,32-33H,9-10,13-14,19H2,1-7H3. The number of hydrogen-bond acceptors (Lipinski definition) is 4. The number of aliphatic imine (C=N–C) groups is 1. The van der Waals surface area contributed by atoms with Gasteiger partial charge in [0.05, 0.1) is 6.04 Å². The summed E-state index contributed by atoms with van der Waals surface area (Å²) >= 11 is 0. The molecule has 0 radical (unpaired) electrons. The van der Waals surface area contributed by atoms with Crippen LogP contribution in [0.25, 0.3) is 0 Å². The third-order valence-electron chi connectivity index (χ3n) is 6.89. The molecule has 0 spiro atoms. The van der Waals surface area contributed by atoms with Gasteiger partial charge < -0.3 is 10.2 Å². The number of aromatic hydroxyl groups is 2. The molecule has 1 saturated carbocycles. The number of likely N-dealkylation sites (N-methyl/N-ethyl adjacent to an activating group) is 1. The van der Waals surface area contributed by atoms with Crippen molar-refractivity contribution < 1.29 is 10.2 Å². The molecule has 0 saturated heterocycles. The fourth-order valence-electron chi connectivity index (χ4n) is 4.75. The highest BCUT2D eigenvalue weighted by Gasteiger charge is 2.29. The van der Waals surface area contributed by atoms with Crippen LogP contribution >= 0.6 is 0 Å². The molecule has 0 heterocycles. The Kier molecular flexibility index (Phi) is 7.58. The zero-order chi connectivity index (χ0) is 24.4. The van der Waals surface area contributed by atoms with Crippen LogP contribution in [0.15, 0.2) is 41.4 Å². The van der Waals surface area contributed by atoms with Gasteiger partial charge in [-0.2, -0.15) is 0 Å². The Morgan fingerprint density at radius 3 is 2.27 bits per heavy atom. The van der Waals surface area contributed by atoms with Gasteiger partial charge in [0.2, 0.25) is 0 Å². The first kappa shape index (κ1) is 25.3. The van der Waals surface area contributed by atoms with Gasteiger partial charge in [0, 0.05) is 35.5 Å². The van der Waals surface area contributed by atoms with Crippen molar-refractivity contribution in [3.63, 3.8) is 0 Å². The number of hydrogen-bond donors (Lipinski definition) is 2. The minimum absolute atomic E-state index is 0.0123. The molecule has 1 fully saturated rings. The fourth-order valence-corrected chi connectivity index (χ4v) is 4.75. The highest BCUT2D eigenvalue weighted by atomic mass is 16.3. The van der Waals surface area contributed by atoms with E-state index in [0.29, 0.717) is 24.1 Å². The van der Waals surface area contributed by atoms with E-state index in [1.165, 1.54) is 18.4 Å². The molecule has 2 unspecified atom stereocenters. The third kappa shape index (κ3) is 6.17. The molecule has 0 bridgehead atoms. The SMILES string of the molecule is CN(Cc1ccccc1O)C1CCCCC1N=Cc1cc(C(C)(C)C)cc(C(C)(C)C)c1O. The van der Waals surface area contributed by atoms with E-state index in [9.17, 15) is 10.2 Å². The first-order chi connectivity index (χ1) is 15.4. The zero-order valence-electron chi connectivity index (χ0n) is 21.5. The molecule has 0 aliphatic heterocycles. The summed E-state index contributed by atoms with van der Waals surface area (Å²) in [6.45, 7) is 13.7. The monoisotopic (exact) mass is 450 g/mol. The molecule has 3 rings (SSSR count). The summed E-state index contributed by atoms with van der Waals surface area (Å²) in [7, 11) is 2.13. The number of phenolic OH excluding ortho intramolecular Hbond substituents is 2. The van der Waals surface area contributed by atoms with Crippen LogP contribution in [0.5, 0.6) is 11.5 Å². The van der Waals surface area contributed by atoms with Crippen LogP contribution in [0.4, 0.5) is 0 Å². The van der Waals surface area contributed by atoms with Gasteiger partial charge in [0.25, 0.3) is 0 Å². The summed E-state index contributed by atoms with van der Waals surface area (Å²) in [6.07, 6.45) is 6.40. The molecule has 4 nitrogen and oxygen atoms in total. The molecule has 1 aliphatic carbocycles. The van der Waals surface area contributed by atoms with Crippen molar-refractivity contribution in [1.82, 2.24) is 4.90 Å². The highest BCUT2D eigenvalue weighted by Crippen LogP contribution is 2.37. The van der Waals surface area contributed by atoms with Gasteiger partial charge in [-0.3, -0.25) is 9.89 Å². The van der Waals surface area contributed by atoms with Crippen molar-refractivity contribution in [2.24, 2.45) is 4.99 Å². The van der Waals surface area contributed by atoms with E-state index < -0.39 is 0 Å². The molecule has 1 aliphatic rings. The number of rotatable bonds is 5. The number of benzene rings is 2. The number of para-hydroxylation sites is 1. The molecule has 33 heavy (non-hydrogen) atoms. The van der Waals surface area contributed by atoms with Gasteiger partial charge in [-0.15, -0.1) is 0 Å². The van der Waals surface area contributed by atoms with Gasteiger partial charge in [0.15, 0.2) is 0 Å². The second kappa shape index (κ2) is 9.89. The lowest BCUT2D eigenvalue weighted by molar-refractivity contribution is 0.162. The first-order valence-corrected chi connectivity index (χ1v) is 12.3. The van der Waals surface area contributed by atoms with Crippen LogP contribution in [-0.2, 0) is 17.4 Å². The Balaban J connectivity index is 1.89. The lowest BCUT2D eigenvalue weighted by Gasteiger charge is -2.36. The maximum absolute atomic E-state index is 11.1. The van der Waals surface area contributed by atoms with Crippen molar-refractivity contribution in [3.8, 4) is 11.5 Å². The van der Waals surface area contributed by atoms with Gasteiger partial charge >= 0.3 is 0 Å². The molecule has 2 atom stereocenters. The largest absolute Gasteiger partial charge is 0.508 e. The van der Waals surface area contributed by atoms with Crippen LogP contribution < -0.4 is 0 Å². The van der Waals surface area contributed by atoms with Crippen LogP contribution in [0.3, 0.4) is 0 Å². The van der Waals surface area contributed by atoms with Gasteiger partial charge in [-0.25, -0.2) is 0 Å². The van der Waals surface area contributed by atoms with Gasteiger partial charge in [-0.05, 0) is 48.4 Å². The fraction of sp³-hybridized carbons (Fsp3) is 0.552. The minimum atomic E-state index is -0.154. The van der Waals surface area contributed by atoms with Crippen molar-refractivity contribution in [2.75, 3.05) is 7.05 Å². The smallest absolute Gasteiger partial charge is 0.128 e. The van der Waals surface area contributed by atoms with Crippen molar-refractivity contribution >= 4 is 6.21 Å². The molecule has 2 aromatic rings. The van der Waals surface area contributed by atoms with E-state index in [0.717, 1.165) is 29.5 Å². The maximum Gasteiger partial charge on any atom is 0.128 e. The molecule has 4 heteroatoms. The molecule has 0 aromatic heterocycles. The number of nitrogens with zero attached hydrogens (tertiary/aromatic N) is 2. The predicted molar refractivity (Wildman–Crippen MR) is 139 cm³/mol. The summed E-state index contributed by atoms with van der Waals surface area (Å²) in [4.78, 5) is 7.36. The lowest BCUT2D eigenvalue weighted by atomic mass is 9.79. The normalized spacial score (nSPS) is 20.0. The van der Waals surface area contributed by atoms with E-state index in [-0.39, 0.29) is 16.9 Å². The van der Waals surface area contributed by atoms with Crippen LogP contribution in [0.1, 0.15) is 89.5 Å². The molecular weight excluding hydrogens is 408 g/mol. The van der Waals surface area contributed by atoms with E-state index in [4.69, 9.17) is 4.99 Å². The van der Waals surface area contributed by atoms with E-state index in [1.807, 2.05) is 24.4 Å². The molecule has 2 aromatic carbocycles. The summed E-state index contributed by atoms with van der Waals surface area (Å²) in [5.41, 5.74) is 3.76. The average Bonchev–Trinajstić information content (AvgIpc) is 2.73. The Morgan fingerprint density at radius 2 is 1.64 bits per heavy atom. The predicted octanol–water partition coefficient (Wildman–Crippen LogP) is 6.55. The summed E-state index contributed by atoms with van der Waals surface area (Å²) < 4.78 is 0. The second-order valence-corrected chi connectivity index (χ2v) is 11.7. The molecule has 0 amide bonds. The summed E-state index contributed by atoms with van der Waals surface area (Å²) in [5.74, 6) is 0.688. The van der Waals surface area contributed by atoms with Gasteiger partial charge in [0.1, 0.15) is 11.5 Å². The Labute approximate surface area is 200 Å². The van der Waals surface area contributed by atoms with Crippen LogP contribution in [-0.4, -0.2) is 40.5 Å². The van der Waals surface area contributed by atoms with E-state index in [1.54, 1.807) is 6.07 Å². The third-order valence-corrected chi connectivity index (χ3v) is 6.89. The average molecular weight is 451 g/mol. The van der Waals surface area contributed by atoms with Gasteiger partial charge in [-0.1, -0.05) is 78.6 Å². The molecular formula is C29H42N2O2. The van der Waals surface area contributed by atoms with Crippen molar-refractivity contribution in [1.29, 1.82) is 0 Å².